The maximum absolute atomic E-state index is 12.2. The second kappa shape index (κ2) is 5.86. The first-order valence-electron chi connectivity index (χ1n) is 6.04. The van der Waals surface area contributed by atoms with Crippen LogP contribution in [0.5, 0.6) is 0 Å². The number of nitrogens with two attached hydrogens (primary N) is 1. The zero-order valence-corrected chi connectivity index (χ0v) is 12.2. The molecule has 8 heteroatoms. The van der Waals surface area contributed by atoms with E-state index in [4.69, 9.17) is 10.5 Å². The molecule has 0 spiro atoms. The molecule has 0 aliphatic carbocycles. The summed E-state index contributed by atoms with van der Waals surface area (Å²) in [6.07, 6.45) is 0.784. The minimum Gasteiger partial charge on any atom is -0.381 e. The van der Waals surface area contributed by atoms with Gasteiger partial charge in [-0.15, -0.1) is 0 Å². The molecule has 1 aliphatic rings. The van der Waals surface area contributed by atoms with E-state index in [1.807, 2.05) is 0 Å². The van der Waals surface area contributed by atoms with E-state index in [0.29, 0.717) is 30.5 Å². The van der Waals surface area contributed by atoms with Crippen LogP contribution in [0.4, 0.5) is 11.4 Å². The van der Waals surface area contributed by atoms with Crippen molar-refractivity contribution in [1.82, 2.24) is 0 Å². The van der Waals surface area contributed by atoms with Gasteiger partial charge in [0.1, 0.15) is 11.2 Å². The van der Waals surface area contributed by atoms with Gasteiger partial charge in [-0.2, -0.15) is 0 Å². The predicted octanol–water partition coefficient (Wildman–Crippen LogP) is 1.80. The molecule has 0 atom stereocenters. The number of nitro benzene ring substituents is 1. The third-order valence-electron chi connectivity index (χ3n) is 3.24. The zero-order valence-electron chi connectivity index (χ0n) is 10.6. The van der Waals surface area contributed by atoms with Crippen LogP contribution in [0.3, 0.4) is 0 Å². The number of benzene rings is 1. The summed E-state index contributed by atoms with van der Waals surface area (Å²) in [5.41, 5.74) is 4.95. The number of rotatable bonds is 3. The van der Waals surface area contributed by atoms with Crippen LogP contribution in [0.25, 0.3) is 0 Å². The van der Waals surface area contributed by atoms with E-state index in [0.717, 1.165) is 0 Å². The van der Waals surface area contributed by atoms with Crippen LogP contribution in [0, 0.1) is 10.1 Å². The lowest BCUT2D eigenvalue weighted by atomic mass is 9.90. The predicted molar refractivity (Wildman–Crippen MR) is 76.4 cm³/mol. The monoisotopic (exact) mass is 343 g/mol. The lowest BCUT2D eigenvalue weighted by molar-refractivity contribution is -0.384. The van der Waals surface area contributed by atoms with Gasteiger partial charge in [-0.3, -0.25) is 14.9 Å². The first-order chi connectivity index (χ1) is 9.42. The van der Waals surface area contributed by atoms with Gasteiger partial charge < -0.3 is 15.8 Å². The fourth-order valence-corrected chi connectivity index (χ4v) is 2.32. The Labute approximate surface area is 123 Å². The molecule has 1 amide bonds. The fourth-order valence-electron chi connectivity index (χ4n) is 1.97. The Bertz CT molecular complexity index is 544. The third kappa shape index (κ3) is 3.14. The van der Waals surface area contributed by atoms with Gasteiger partial charge in [0, 0.05) is 23.8 Å². The number of anilines is 1. The van der Waals surface area contributed by atoms with Gasteiger partial charge >= 0.3 is 0 Å². The molecule has 1 aromatic carbocycles. The number of nitro groups is 1. The van der Waals surface area contributed by atoms with Crippen molar-refractivity contribution >= 4 is 33.2 Å². The molecule has 1 saturated heterocycles. The Morgan fingerprint density at radius 2 is 2.10 bits per heavy atom. The van der Waals surface area contributed by atoms with E-state index in [9.17, 15) is 14.9 Å². The van der Waals surface area contributed by atoms with Gasteiger partial charge in [0.25, 0.3) is 5.69 Å². The van der Waals surface area contributed by atoms with Crippen molar-refractivity contribution in [2.24, 2.45) is 5.73 Å². The van der Waals surface area contributed by atoms with Gasteiger partial charge in [-0.25, -0.2) is 0 Å². The molecule has 1 heterocycles. The summed E-state index contributed by atoms with van der Waals surface area (Å²) in [6, 6.07) is 4.43. The van der Waals surface area contributed by atoms with Crippen LogP contribution in [-0.4, -0.2) is 29.6 Å². The van der Waals surface area contributed by atoms with E-state index in [2.05, 4.69) is 21.2 Å². The van der Waals surface area contributed by atoms with Crippen molar-refractivity contribution in [1.29, 1.82) is 0 Å². The average Bonchev–Trinajstić information content (AvgIpc) is 2.41. The van der Waals surface area contributed by atoms with Crippen molar-refractivity contribution in [3.8, 4) is 0 Å². The SMILES string of the molecule is NC1(C(=O)Nc2ccc(Br)cc2[N+](=O)[O-])CCOCC1. The van der Waals surface area contributed by atoms with E-state index >= 15 is 0 Å². The van der Waals surface area contributed by atoms with E-state index in [1.54, 1.807) is 6.07 Å². The van der Waals surface area contributed by atoms with Gasteiger partial charge in [0.2, 0.25) is 5.91 Å². The minimum atomic E-state index is -1.04. The lowest BCUT2D eigenvalue weighted by Gasteiger charge is -2.31. The molecule has 7 nitrogen and oxygen atoms in total. The zero-order chi connectivity index (χ0) is 14.8. The fraction of sp³-hybridized carbons (Fsp3) is 0.417. The molecule has 3 N–H and O–H groups in total. The van der Waals surface area contributed by atoms with Crippen molar-refractivity contribution in [3.63, 3.8) is 0 Å². The second-order valence-corrected chi connectivity index (χ2v) is 5.56. The van der Waals surface area contributed by atoms with Crippen LogP contribution in [-0.2, 0) is 9.53 Å². The number of nitrogens with one attached hydrogen (secondary N) is 1. The van der Waals surface area contributed by atoms with E-state index < -0.39 is 16.4 Å². The highest BCUT2D eigenvalue weighted by Crippen LogP contribution is 2.29. The summed E-state index contributed by atoms with van der Waals surface area (Å²) in [6.45, 7) is 0.818. The van der Waals surface area contributed by atoms with Crippen molar-refractivity contribution in [2.75, 3.05) is 18.5 Å². The number of halogens is 1. The molecular weight excluding hydrogens is 330 g/mol. The normalized spacial score (nSPS) is 17.5. The Balaban J connectivity index is 2.21. The molecular formula is C12H14BrN3O4. The Morgan fingerprint density at radius 3 is 2.70 bits per heavy atom. The molecule has 1 fully saturated rings. The number of hydrogen-bond acceptors (Lipinski definition) is 5. The highest BCUT2D eigenvalue weighted by Gasteiger charge is 2.36. The molecule has 0 radical (unpaired) electrons. The second-order valence-electron chi connectivity index (χ2n) is 4.64. The van der Waals surface area contributed by atoms with Crippen molar-refractivity contribution in [3.05, 3.63) is 32.8 Å². The molecule has 1 aromatic rings. The van der Waals surface area contributed by atoms with Crippen LogP contribution in [0.1, 0.15) is 12.8 Å². The van der Waals surface area contributed by atoms with Gasteiger partial charge in [-0.1, -0.05) is 15.9 Å². The molecule has 20 heavy (non-hydrogen) atoms. The minimum absolute atomic E-state index is 0.138. The number of amides is 1. The highest BCUT2D eigenvalue weighted by molar-refractivity contribution is 9.10. The molecule has 2 rings (SSSR count). The number of carbonyl (C=O) groups excluding carboxylic acids is 1. The summed E-state index contributed by atoms with van der Waals surface area (Å²) in [5, 5.41) is 13.5. The van der Waals surface area contributed by atoms with Gasteiger partial charge in [0.05, 0.1) is 4.92 Å². The first kappa shape index (κ1) is 14.9. The standard InChI is InChI=1S/C12H14BrN3O4/c13-8-1-2-9(10(7-8)16(18)19)15-11(17)12(14)3-5-20-6-4-12/h1-2,7H,3-6,14H2,(H,15,17). The number of ether oxygens (including phenoxy) is 1. The average molecular weight is 344 g/mol. The highest BCUT2D eigenvalue weighted by atomic mass is 79.9. The lowest BCUT2D eigenvalue weighted by Crippen LogP contribution is -2.54. The van der Waals surface area contributed by atoms with Crippen LogP contribution < -0.4 is 11.1 Å². The maximum Gasteiger partial charge on any atom is 0.293 e. The van der Waals surface area contributed by atoms with Crippen LogP contribution in [0.15, 0.2) is 22.7 Å². The number of nitrogens with zero attached hydrogens (tertiary/aromatic N) is 1. The summed E-state index contributed by atoms with van der Waals surface area (Å²) in [7, 11) is 0. The van der Waals surface area contributed by atoms with Crippen LogP contribution >= 0.6 is 15.9 Å². The number of hydrogen-bond donors (Lipinski definition) is 2. The topological polar surface area (TPSA) is 107 Å². The van der Waals surface area contributed by atoms with Crippen molar-refractivity contribution < 1.29 is 14.5 Å². The first-order valence-corrected chi connectivity index (χ1v) is 6.84. The van der Waals surface area contributed by atoms with E-state index in [-0.39, 0.29) is 11.4 Å². The summed E-state index contributed by atoms with van der Waals surface area (Å²) >= 11 is 3.16. The molecule has 0 saturated carbocycles. The Kier molecular flexibility index (Phi) is 4.36. The summed E-state index contributed by atoms with van der Waals surface area (Å²) in [4.78, 5) is 22.7. The molecule has 1 aliphatic heterocycles. The third-order valence-corrected chi connectivity index (χ3v) is 3.74. The molecule has 0 bridgehead atoms. The summed E-state index contributed by atoms with van der Waals surface area (Å²) in [5.74, 6) is -0.425. The van der Waals surface area contributed by atoms with Crippen LogP contribution in [0.2, 0.25) is 0 Å². The quantitative estimate of drug-likeness (QED) is 0.642. The van der Waals surface area contributed by atoms with Crippen molar-refractivity contribution in [2.45, 2.75) is 18.4 Å². The smallest absolute Gasteiger partial charge is 0.293 e. The van der Waals surface area contributed by atoms with Gasteiger partial charge in [-0.05, 0) is 25.0 Å². The summed E-state index contributed by atoms with van der Waals surface area (Å²) < 4.78 is 5.73. The molecule has 108 valence electrons. The molecule has 0 aromatic heterocycles. The van der Waals surface area contributed by atoms with E-state index in [1.165, 1.54) is 12.1 Å². The number of carbonyl (C=O) groups is 1. The maximum atomic E-state index is 12.2. The Morgan fingerprint density at radius 1 is 1.45 bits per heavy atom. The largest absolute Gasteiger partial charge is 0.381 e. The Hall–Kier alpha value is -1.51. The molecule has 0 unspecified atom stereocenters. The van der Waals surface area contributed by atoms with Gasteiger partial charge in [0.15, 0.2) is 0 Å².